The third-order valence-corrected chi connectivity index (χ3v) is 3.59. The molecule has 22 heavy (non-hydrogen) atoms. The number of allylic oxidation sites excluding steroid dienone is 1. The molecule has 0 fully saturated rings. The average Bonchev–Trinajstić information content (AvgIpc) is 2.83. The number of methoxy groups -OCH3 is 1. The van der Waals surface area contributed by atoms with Gasteiger partial charge in [-0.15, -0.1) is 0 Å². The molecule has 1 aliphatic heterocycles. The van der Waals surface area contributed by atoms with Gasteiger partial charge >= 0.3 is 0 Å². The van der Waals surface area contributed by atoms with Crippen LogP contribution in [0, 0.1) is 6.92 Å². The van der Waals surface area contributed by atoms with Crippen LogP contribution < -0.4 is 10.1 Å². The summed E-state index contributed by atoms with van der Waals surface area (Å²) in [6.45, 7) is 1.95. The van der Waals surface area contributed by atoms with Crippen molar-refractivity contribution in [3.63, 3.8) is 0 Å². The van der Waals surface area contributed by atoms with Gasteiger partial charge in [-0.05, 0) is 37.3 Å². The highest BCUT2D eigenvalue weighted by atomic mass is 16.5. The van der Waals surface area contributed by atoms with E-state index >= 15 is 0 Å². The molecule has 0 aromatic heterocycles. The zero-order valence-electron chi connectivity index (χ0n) is 12.3. The number of carbonyl (C=O) groups is 2. The first-order valence-electron chi connectivity index (χ1n) is 6.91. The number of amides is 1. The van der Waals surface area contributed by atoms with E-state index in [1.807, 2.05) is 25.1 Å². The summed E-state index contributed by atoms with van der Waals surface area (Å²) < 4.78 is 5.12. The highest BCUT2D eigenvalue weighted by molar-refractivity contribution is 6.35. The second-order valence-electron chi connectivity index (χ2n) is 5.16. The van der Waals surface area contributed by atoms with Crippen molar-refractivity contribution < 1.29 is 14.3 Å². The Morgan fingerprint density at radius 2 is 2.00 bits per heavy atom. The van der Waals surface area contributed by atoms with Crippen LogP contribution in [0.2, 0.25) is 0 Å². The Morgan fingerprint density at radius 1 is 1.18 bits per heavy atom. The standard InChI is InChI=1S/C18H15NO3/c1-11-6-7-16-14(8-11)15(18(21)19-16)10-17(20)12-4-3-5-13(9-12)22-2/h3-10H,1-2H3,(H,19,21). The Bertz CT molecular complexity index is 806. The Kier molecular flexibility index (Phi) is 3.51. The highest BCUT2D eigenvalue weighted by Gasteiger charge is 2.25. The zero-order valence-corrected chi connectivity index (χ0v) is 12.3. The van der Waals surface area contributed by atoms with Gasteiger partial charge in [-0.3, -0.25) is 9.59 Å². The van der Waals surface area contributed by atoms with Crippen LogP contribution in [0.15, 0.2) is 48.5 Å². The van der Waals surface area contributed by atoms with E-state index in [1.54, 1.807) is 31.4 Å². The summed E-state index contributed by atoms with van der Waals surface area (Å²) in [6, 6.07) is 12.5. The SMILES string of the molecule is COc1cccc(C(=O)C=C2C(=O)Nc3ccc(C)cc32)c1. The van der Waals surface area contributed by atoms with E-state index in [-0.39, 0.29) is 11.7 Å². The predicted octanol–water partition coefficient (Wildman–Crippen LogP) is 3.22. The van der Waals surface area contributed by atoms with Gasteiger partial charge in [-0.2, -0.15) is 0 Å². The Balaban J connectivity index is 2.00. The van der Waals surface area contributed by atoms with E-state index < -0.39 is 0 Å². The van der Waals surface area contributed by atoms with Crippen LogP contribution in [-0.2, 0) is 4.79 Å². The third-order valence-electron chi connectivity index (χ3n) is 3.59. The van der Waals surface area contributed by atoms with Crippen molar-refractivity contribution in [1.82, 2.24) is 0 Å². The van der Waals surface area contributed by atoms with Gasteiger partial charge < -0.3 is 10.1 Å². The molecule has 0 aliphatic carbocycles. The molecule has 3 rings (SSSR count). The molecule has 0 spiro atoms. The van der Waals surface area contributed by atoms with Crippen LogP contribution in [0.25, 0.3) is 5.57 Å². The maximum absolute atomic E-state index is 12.4. The van der Waals surface area contributed by atoms with Gasteiger partial charge in [0.15, 0.2) is 5.78 Å². The molecule has 0 saturated heterocycles. The first-order chi connectivity index (χ1) is 10.6. The summed E-state index contributed by atoms with van der Waals surface area (Å²) in [4.78, 5) is 24.5. The number of benzene rings is 2. The summed E-state index contributed by atoms with van der Waals surface area (Å²) in [5, 5.41) is 2.77. The first-order valence-corrected chi connectivity index (χ1v) is 6.91. The van der Waals surface area contributed by atoms with Gasteiger partial charge in [-0.1, -0.05) is 23.8 Å². The minimum atomic E-state index is -0.253. The largest absolute Gasteiger partial charge is 0.497 e. The van der Waals surface area contributed by atoms with Crippen molar-refractivity contribution in [2.45, 2.75) is 6.92 Å². The lowest BCUT2D eigenvalue weighted by atomic mass is 10.0. The fourth-order valence-corrected chi connectivity index (χ4v) is 2.44. The van der Waals surface area contributed by atoms with E-state index in [0.717, 1.165) is 16.8 Å². The number of hydrogen-bond acceptors (Lipinski definition) is 3. The van der Waals surface area contributed by atoms with Crippen molar-refractivity contribution in [2.75, 3.05) is 12.4 Å². The van der Waals surface area contributed by atoms with Crippen LogP contribution >= 0.6 is 0 Å². The number of nitrogens with one attached hydrogen (secondary N) is 1. The molecular formula is C18H15NO3. The predicted molar refractivity (Wildman–Crippen MR) is 85.1 cm³/mol. The molecule has 0 radical (unpaired) electrons. The van der Waals surface area contributed by atoms with E-state index in [9.17, 15) is 9.59 Å². The van der Waals surface area contributed by atoms with Gasteiger partial charge in [-0.25, -0.2) is 0 Å². The van der Waals surface area contributed by atoms with Gasteiger partial charge in [0.1, 0.15) is 5.75 Å². The smallest absolute Gasteiger partial charge is 0.256 e. The number of hydrogen-bond donors (Lipinski definition) is 1. The van der Waals surface area contributed by atoms with Crippen molar-refractivity contribution >= 4 is 23.0 Å². The summed E-state index contributed by atoms with van der Waals surface area (Å²) in [5.74, 6) is 0.131. The van der Waals surface area contributed by atoms with E-state index in [2.05, 4.69) is 5.32 Å². The molecule has 1 N–H and O–H groups in total. The molecule has 4 nitrogen and oxygen atoms in total. The topological polar surface area (TPSA) is 55.4 Å². The number of ketones is 1. The van der Waals surface area contributed by atoms with Gasteiger partial charge in [0, 0.05) is 16.8 Å². The monoisotopic (exact) mass is 293 g/mol. The second-order valence-corrected chi connectivity index (χ2v) is 5.16. The number of ether oxygens (including phenoxy) is 1. The van der Waals surface area contributed by atoms with Gasteiger partial charge in [0.25, 0.3) is 5.91 Å². The number of carbonyl (C=O) groups excluding carboxylic acids is 2. The molecule has 0 atom stereocenters. The number of aryl methyl sites for hydroxylation is 1. The fraction of sp³-hybridized carbons (Fsp3) is 0.111. The van der Waals surface area contributed by atoms with Crippen molar-refractivity contribution in [3.05, 3.63) is 65.2 Å². The van der Waals surface area contributed by atoms with Crippen LogP contribution in [0.3, 0.4) is 0 Å². The minimum absolute atomic E-state index is 0.224. The van der Waals surface area contributed by atoms with E-state index in [1.165, 1.54) is 6.08 Å². The Hall–Kier alpha value is -2.88. The quantitative estimate of drug-likeness (QED) is 0.698. The van der Waals surface area contributed by atoms with Gasteiger partial charge in [0.05, 0.1) is 12.7 Å². The molecule has 1 amide bonds. The van der Waals surface area contributed by atoms with E-state index in [4.69, 9.17) is 4.74 Å². The van der Waals surface area contributed by atoms with Crippen molar-refractivity contribution in [2.24, 2.45) is 0 Å². The lowest BCUT2D eigenvalue weighted by Crippen LogP contribution is -2.06. The Morgan fingerprint density at radius 3 is 2.77 bits per heavy atom. The van der Waals surface area contributed by atoms with Crippen LogP contribution in [0.4, 0.5) is 5.69 Å². The average molecular weight is 293 g/mol. The molecule has 1 aliphatic rings. The van der Waals surface area contributed by atoms with Crippen molar-refractivity contribution in [3.8, 4) is 5.75 Å². The molecule has 110 valence electrons. The zero-order chi connectivity index (χ0) is 15.7. The molecular weight excluding hydrogens is 278 g/mol. The molecule has 4 heteroatoms. The summed E-state index contributed by atoms with van der Waals surface area (Å²) in [5.41, 5.74) is 3.42. The number of fused-ring (bicyclic) bond motifs is 1. The number of anilines is 1. The number of rotatable bonds is 3. The van der Waals surface area contributed by atoms with Gasteiger partial charge in [0.2, 0.25) is 0 Å². The summed E-state index contributed by atoms with van der Waals surface area (Å²) in [6.07, 6.45) is 1.38. The summed E-state index contributed by atoms with van der Waals surface area (Å²) in [7, 11) is 1.55. The lowest BCUT2D eigenvalue weighted by molar-refractivity contribution is -0.110. The molecule has 0 unspecified atom stereocenters. The van der Waals surface area contributed by atoms with Crippen LogP contribution in [0.1, 0.15) is 21.5 Å². The van der Waals surface area contributed by atoms with Crippen LogP contribution in [-0.4, -0.2) is 18.8 Å². The maximum atomic E-state index is 12.4. The molecule has 2 aromatic carbocycles. The third kappa shape index (κ3) is 2.51. The van der Waals surface area contributed by atoms with Crippen LogP contribution in [0.5, 0.6) is 5.75 Å². The minimum Gasteiger partial charge on any atom is -0.497 e. The first kappa shape index (κ1) is 14.1. The normalized spacial score (nSPS) is 14.6. The fourth-order valence-electron chi connectivity index (χ4n) is 2.44. The molecule has 0 bridgehead atoms. The second kappa shape index (κ2) is 5.48. The molecule has 2 aromatic rings. The summed E-state index contributed by atoms with van der Waals surface area (Å²) >= 11 is 0. The highest BCUT2D eigenvalue weighted by Crippen LogP contribution is 2.32. The Labute approximate surface area is 128 Å². The van der Waals surface area contributed by atoms with E-state index in [0.29, 0.717) is 16.9 Å². The maximum Gasteiger partial charge on any atom is 0.256 e. The van der Waals surface area contributed by atoms with Crippen molar-refractivity contribution in [1.29, 1.82) is 0 Å². The molecule has 1 heterocycles. The molecule has 0 saturated carbocycles. The lowest BCUT2D eigenvalue weighted by Gasteiger charge is -2.02.